The van der Waals surface area contributed by atoms with Crippen LogP contribution in [-0.2, 0) is 63.4 Å². The van der Waals surface area contributed by atoms with Crippen molar-refractivity contribution in [3.05, 3.63) is 145 Å². The van der Waals surface area contributed by atoms with Crippen molar-refractivity contribution in [1.82, 2.24) is 4.98 Å². The molecule has 3 N–H and O–H groups in total. The number of aliphatic hydroxyl groups excluding tert-OH is 1. The van der Waals surface area contributed by atoms with Gasteiger partial charge in [0.25, 0.3) is 0 Å². The number of hydrogen-bond acceptors (Lipinski definition) is 8. The lowest BCUT2D eigenvalue weighted by molar-refractivity contribution is 0.0246. The van der Waals surface area contributed by atoms with E-state index in [1.165, 1.54) is 0 Å². The van der Waals surface area contributed by atoms with Crippen LogP contribution in [0.3, 0.4) is 0 Å². The van der Waals surface area contributed by atoms with Crippen LogP contribution in [-0.4, -0.2) is 59.9 Å². The molecule has 0 amide bonds. The predicted molar refractivity (Wildman–Crippen MR) is 258 cm³/mol. The lowest BCUT2D eigenvalue weighted by atomic mass is 9.79. The summed E-state index contributed by atoms with van der Waals surface area (Å²) in [6.07, 6.45) is 3.46. The van der Waals surface area contributed by atoms with Crippen LogP contribution < -0.4 is 9.47 Å². The third-order valence-electron chi connectivity index (χ3n) is 12.2. The number of nitrogens with zero attached hydrogens (tertiary/aromatic N) is 1. The molecule has 0 atom stereocenters. The normalized spacial score (nSPS) is 13.5. The van der Waals surface area contributed by atoms with Gasteiger partial charge in [0.2, 0.25) is 0 Å². The number of aliphatic hydroxyl groups is 1. The number of phenols is 2. The van der Waals surface area contributed by atoms with E-state index in [4.69, 9.17) is 24.1 Å². The second-order valence-corrected chi connectivity index (χ2v) is 21.6. The van der Waals surface area contributed by atoms with Crippen molar-refractivity contribution in [2.45, 2.75) is 137 Å². The Balaban J connectivity index is 1.63. The van der Waals surface area contributed by atoms with Crippen LogP contribution in [0.4, 0.5) is 0 Å². The number of hydrogen-bond donors (Lipinski definition) is 3. The number of fused-ring (bicyclic) bond motifs is 8. The van der Waals surface area contributed by atoms with E-state index in [0.717, 1.165) is 84.0 Å². The van der Waals surface area contributed by atoms with E-state index in [-0.39, 0.29) is 53.0 Å². The molecule has 0 fully saturated rings. The first-order valence-corrected chi connectivity index (χ1v) is 23.0. The van der Waals surface area contributed by atoms with Crippen molar-refractivity contribution in [3.8, 4) is 23.0 Å². The SMILES string of the molecule is CC(C)(C)c1cc2c(O)c(c1)Cc1cc(C(C)(C)C)cc(c1OCc1ccccn1)Cc1cc(C(C)(C)C)cc(c1O)Cc1cc(C(C)(C)C)cc(c1OCCOCCOCCO)C2. The van der Waals surface area contributed by atoms with Gasteiger partial charge in [-0.25, -0.2) is 0 Å². The zero-order chi connectivity index (χ0) is 46.6. The zero-order valence-corrected chi connectivity index (χ0v) is 40.6. The summed E-state index contributed by atoms with van der Waals surface area (Å²) in [4.78, 5) is 4.59. The first-order chi connectivity index (χ1) is 30.0. The number of phenolic OH excluding ortho intramolecular Hbond substituents is 2. The summed E-state index contributed by atoms with van der Waals surface area (Å²) >= 11 is 0. The molecule has 1 heterocycles. The minimum atomic E-state index is -0.213. The van der Waals surface area contributed by atoms with Crippen LogP contribution in [0.1, 0.15) is 156 Å². The van der Waals surface area contributed by atoms with E-state index in [1.54, 1.807) is 6.20 Å². The second kappa shape index (κ2) is 19.7. The van der Waals surface area contributed by atoms with Gasteiger partial charge >= 0.3 is 0 Å². The summed E-state index contributed by atoms with van der Waals surface area (Å²) in [7, 11) is 0. The largest absolute Gasteiger partial charge is 0.507 e. The van der Waals surface area contributed by atoms with E-state index in [9.17, 15) is 10.2 Å². The molecule has 6 rings (SSSR count). The lowest BCUT2D eigenvalue weighted by Gasteiger charge is -2.28. The van der Waals surface area contributed by atoms with Gasteiger partial charge in [-0.2, -0.15) is 0 Å². The highest BCUT2D eigenvalue weighted by Gasteiger charge is 2.28. The molecule has 0 aliphatic heterocycles. The van der Waals surface area contributed by atoms with Crippen LogP contribution in [0, 0.1) is 0 Å². The summed E-state index contributed by atoms with van der Waals surface area (Å²) in [6, 6.07) is 23.4. The number of ether oxygens (including phenoxy) is 4. The fraction of sp³-hybridized carbons (Fsp3) is 0.482. The van der Waals surface area contributed by atoms with Gasteiger partial charge in [0.05, 0.1) is 38.7 Å². The maximum Gasteiger partial charge on any atom is 0.130 e. The highest BCUT2D eigenvalue weighted by Crippen LogP contribution is 2.44. The molecule has 5 aromatic rings. The summed E-state index contributed by atoms with van der Waals surface area (Å²) in [5.74, 6) is 2.00. The van der Waals surface area contributed by atoms with Gasteiger partial charge in [-0.05, 0) is 101 Å². The summed E-state index contributed by atoms with van der Waals surface area (Å²) < 4.78 is 25.0. The Labute approximate surface area is 383 Å². The predicted octanol–water partition coefficient (Wildman–Crippen LogP) is 11.3. The van der Waals surface area contributed by atoms with Crippen molar-refractivity contribution in [2.75, 3.05) is 39.6 Å². The maximum atomic E-state index is 12.6. The fourth-order valence-electron chi connectivity index (χ4n) is 8.24. The summed E-state index contributed by atoms with van der Waals surface area (Å²) in [5, 5.41) is 34.2. The van der Waals surface area contributed by atoms with Gasteiger partial charge in [-0.3, -0.25) is 4.98 Å². The molecule has 1 aliphatic carbocycles. The Morgan fingerprint density at radius 3 is 1.14 bits per heavy atom. The quantitative estimate of drug-likeness (QED) is 0.104. The number of pyridine rings is 1. The average Bonchev–Trinajstić information content (AvgIpc) is 3.20. The van der Waals surface area contributed by atoms with Gasteiger partial charge in [0, 0.05) is 31.9 Å². The molecule has 8 heteroatoms. The Bertz CT molecular complexity index is 2270. The van der Waals surface area contributed by atoms with Gasteiger partial charge < -0.3 is 34.3 Å². The third kappa shape index (κ3) is 12.1. The monoisotopic (exact) mass is 872 g/mol. The van der Waals surface area contributed by atoms with E-state index in [2.05, 4.69) is 137 Å². The van der Waals surface area contributed by atoms with Crippen LogP contribution in [0.5, 0.6) is 23.0 Å². The van der Waals surface area contributed by atoms with Gasteiger partial charge in [-0.1, -0.05) is 138 Å². The van der Waals surface area contributed by atoms with E-state index in [0.29, 0.717) is 52.1 Å². The molecule has 0 saturated heterocycles. The highest BCUT2D eigenvalue weighted by molar-refractivity contribution is 5.59. The van der Waals surface area contributed by atoms with Crippen molar-refractivity contribution in [1.29, 1.82) is 0 Å². The molecule has 0 saturated carbocycles. The first kappa shape index (κ1) is 48.6. The molecular weight excluding hydrogens is 799 g/mol. The smallest absolute Gasteiger partial charge is 0.130 e. The Morgan fingerprint density at radius 2 is 0.797 bits per heavy atom. The molecule has 64 heavy (non-hydrogen) atoms. The number of aromatic nitrogens is 1. The molecule has 0 unspecified atom stereocenters. The van der Waals surface area contributed by atoms with Crippen molar-refractivity contribution >= 4 is 0 Å². The molecule has 8 bridgehead atoms. The molecule has 1 aromatic heterocycles. The fourth-order valence-corrected chi connectivity index (χ4v) is 8.24. The number of benzene rings is 4. The van der Waals surface area contributed by atoms with E-state index >= 15 is 0 Å². The Hall–Kier alpha value is -4.89. The average molecular weight is 872 g/mol. The maximum absolute atomic E-state index is 12.6. The molecule has 0 radical (unpaired) electrons. The zero-order valence-electron chi connectivity index (χ0n) is 40.6. The highest BCUT2D eigenvalue weighted by atomic mass is 16.5. The Kier molecular flexibility index (Phi) is 14.9. The first-order valence-electron chi connectivity index (χ1n) is 23.0. The van der Waals surface area contributed by atoms with E-state index in [1.807, 2.05) is 18.2 Å². The van der Waals surface area contributed by atoms with Crippen LogP contribution in [0.2, 0.25) is 0 Å². The minimum absolute atomic E-state index is 0.0301. The summed E-state index contributed by atoms with van der Waals surface area (Å²) in [6.45, 7) is 28.5. The van der Waals surface area contributed by atoms with Crippen LogP contribution in [0.15, 0.2) is 72.9 Å². The van der Waals surface area contributed by atoms with Gasteiger partial charge in [0.15, 0.2) is 0 Å². The van der Waals surface area contributed by atoms with Crippen molar-refractivity contribution in [2.24, 2.45) is 0 Å². The third-order valence-corrected chi connectivity index (χ3v) is 12.2. The topological polar surface area (TPSA) is 111 Å². The van der Waals surface area contributed by atoms with Crippen molar-refractivity contribution in [3.63, 3.8) is 0 Å². The van der Waals surface area contributed by atoms with Gasteiger partial charge in [-0.15, -0.1) is 0 Å². The second-order valence-electron chi connectivity index (χ2n) is 21.6. The lowest BCUT2D eigenvalue weighted by Crippen LogP contribution is -2.17. The number of rotatable bonds is 12. The number of aromatic hydroxyl groups is 2. The molecule has 8 nitrogen and oxygen atoms in total. The van der Waals surface area contributed by atoms with Crippen LogP contribution in [0.25, 0.3) is 0 Å². The minimum Gasteiger partial charge on any atom is -0.507 e. The van der Waals surface area contributed by atoms with Crippen LogP contribution >= 0.6 is 0 Å². The summed E-state index contributed by atoms with van der Waals surface area (Å²) in [5.41, 5.74) is 11.6. The van der Waals surface area contributed by atoms with Crippen molar-refractivity contribution < 1.29 is 34.3 Å². The molecule has 4 aromatic carbocycles. The standard InChI is InChI=1S/C56H73NO7/c1-53(2,3)44-27-36-23-40-31-46(55(7,8)9)32-41(51(40)63-22-21-62-20-19-61-18-17-58)24-37-28-45(54(4,5)6)30-39(50(37)60)26-43-34-47(56(10,11)12)33-42(25-38(29-44)49(36)59)52(43)64-35-48-15-13-14-16-57-48/h13-16,27-34,58-60H,17-26,35H2,1-12H3. The molecular formula is C56H73NO7. The van der Waals surface area contributed by atoms with E-state index < -0.39 is 0 Å². The Morgan fingerprint density at radius 1 is 0.453 bits per heavy atom. The molecule has 344 valence electrons. The van der Waals surface area contributed by atoms with Gasteiger partial charge in [0.1, 0.15) is 36.2 Å². The molecule has 0 spiro atoms. The molecule has 1 aliphatic rings.